The summed E-state index contributed by atoms with van der Waals surface area (Å²) in [6.07, 6.45) is 19.1. The molecule has 0 aliphatic carbocycles. The van der Waals surface area contributed by atoms with Crippen LogP contribution in [0.1, 0.15) is 50.7 Å². The van der Waals surface area contributed by atoms with E-state index < -0.39 is 0 Å². The number of anilines is 1. The van der Waals surface area contributed by atoms with Gasteiger partial charge in [-0.2, -0.15) is 0 Å². The highest BCUT2D eigenvalue weighted by molar-refractivity contribution is 5.98. The minimum Gasteiger partial charge on any atom is -0.467 e. The summed E-state index contributed by atoms with van der Waals surface area (Å²) in [6.45, 7) is 6.29. The standard InChI is InChI=1S/C30H38N4O3/c1-5-6-7-8-23-10-9-22(2)26(37-21-23)20-34(4)27(35)12-11-24-17-25-18-30(13-15-33(3)16-14-30)29(36)32-28(25)31-19-24/h5-8,11-12,17,19,21H,9-10,13-16,18,20H2,1-4H3,(H,31,32,36)/b6-5-,8-7-,12-11+. The van der Waals surface area contributed by atoms with E-state index in [0.29, 0.717) is 18.8 Å². The van der Waals surface area contributed by atoms with Gasteiger partial charge in [-0.05, 0) is 101 Å². The fraction of sp³-hybridized carbons (Fsp3) is 0.433. The monoisotopic (exact) mass is 502 g/mol. The minimum absolute atomic E-state index is 0.0850. The number of rotatable bonds is 6. The van der Waals surface area contributed by atoms with Crippen LogP contribution in [0.15, 0.2) is 65.8 Å². The second-order valence-electron chi connectivity index (χ2n) is 10.4. The first kappa shape index (κ1) is 26.6. The van der Waals surface area contributed by atoms with Gasteiger partial charge in [0.25, 0.3) is 0 Å². The van der Waals surface area contributed by atoms with Crippen molar-refractivity contribution in [1.29, 1.82) is 0 Å². The van der Waals surface area contributed by atoms with E-state index in [4.69, 9.17) is 4.74 Å². The number of aromatic nitrogens is 1. The van der Waals surface area contributed by atoms with Crippen LogP contribution in [0.25, 0.3) is 6.08 Å². The number of likely N-dealkylation sites (tertiary alicyclic amines) is 1. The largest absolute Gasteiger partial charge is 0.467 e. The van der Waals surface area contributed by atoms with Crippen molar-refractivity contribution in [1.82, 2.24) is 14.8 Å². The SMILES string of the molecule is C/C=C\C=C/C1=COC(CN(C)C(=O)/C=C/c2cnc3c(c2)CC2(CCN(C)CC2)C(=O)N3)=C(C)CC1. The van der Waals surface area contributed by atoms with Gasteiger partial charge < -0.3 is 19.9 Å². The summed E-state index contributed by atoms with van der Waals surface area (Å²) in [5.41, 5.74) is 3.80. The zero-order valence-corrected chi connectivity index (χ0v) is 22.4. The summed E-state index contributed by atoms with van der Waals surface area (Å²) in [5.74, 6) is 1.43. The molecule has 1 aromatic heterocycles. The number of nitrogens with zero attached hydrogens (tertiary/aromatic N) is 3. The molecule has 0 radical (unpaired) electrons. The zero-order chi connectivity index (χ0) is 26.4. The van der Waals surface area contributed by atoms with Crippen LogP contribution in [0.3, 0.4) is 0 Å². The number of allylic oxidation sites excluding steroid dienone is 6. The molecule has 0 bridgehead atoms. The Labute approximate surface area is 220 Å². The fourth-order valence-electron chi connectivity index (χ4n) is 4.95. The molecule has 2 amide bonds. The molecular formula is C30H38N4O3. The second-order valence-corrected chi connectivity index (χ2v) is 10.4. The van der Waals surface area contributed by atoms with Gasteiger partial charge in [-0.1, -0.05) is 24.3 Å². The predicted octanol–water partition coefficient (Wildman–Crippen LogP) is 4.86. The van der Waals surface area contributed by atoms with E-state index in [1.807, 2.05) is 31.2 Å². The van der Waals surface area contributed by atoms with E-state index in [2.05, 4.69) is 35.2 Å². The number of carbonyl (C=O) groups is 2. The molecular weight excluding hydrogens is 464 g/mol. The summed E-state index contributed by atoms with van der Waals surface area (Å²) in [4.78, 5) is 34.1. The highest BCUT2D eigenvalue weighted by Gasteiger charge is 2.44. The number of hydrogen-bond acceptors (Lipinski definition) is 5. The van der Waals surface area contributed by atoms with Gasteiger partial charge in [0.1, 0.15) is 11.6 Å². The van der Waals surface area contributed by atoms with E-state index in [1.54, 1.807) is 36.6 Å². The molecule has 1 aromatic rings. The fourth-order valence-corrected chi connectivity index (χ4v) is 4.95. The molecule has 196 valence electrons. The molecule has 1 spiro atoms. The van der Waals surface area contributed by atoms with Gasteiger partial charge in [-0.3, -0.25) is 9.59 Å². The maximum atomic E-state index is 12.9. The molecule has 3 aliphatic rings. The van der Waals surface area contributed by atoms with E-state index in [9.17, 15) is 9.59 Å². The van der Waals surface area contributed by atoms with E-state index >= 15 is 0 Å². The molecule has 7 heteroatoms. The van der Waals surface area contributed by atoms with E-state index in [1.165, 1.54) is 0 Å². The maximum absolute atomic E-state index is 12.9. The summed E-state index contributed by atoms with van der Waals surface area (Å²) < 4.78 is 5.95. The van der Waals surface area contributed by atoms with Crippen molar-refractivity contribution in [3.63, 3.8) is 0 Å². The van der Waals surface area contributed by atoms with Gasteiger partial charge in [0.05, 0.1) is 18.2 Å². The molecule has 0 atom stereocenters. The molecule has 4 rings (SSSR count). The molecule has 0 unspecified atom stereocenters. The van der Waals surface area contributed by atoms with E-state index in [0.717, 1.165) is 66.8 Å². The first-order chi connectivity index (χ1) is 17.8. The highest BCUT2D eigenvalue weighted by atomic mass is 16.5. The summed E-state index contributed by atoms with van der Waals surface area (Å²) in [6, 6.07) is 2.04. The number of ether oxygens (including phenoxy) is 1. The molecule has 0 saturated carbocycles. The van der Waals surface area contributed by atoms with Gasteiger partial charge in [0.2, 0.25) is 11.8 Å². The minimum atomic E-state index is -0.360. The maximum Gasteiger partial charge on any atom is 0.246 e. The van der Waals surface area contributed by atoms with Gasteiger partial charge in [-0.25, -0.2) is 4.98 Å². The average Bonchev–Trinajstić information content (AvgIpc) is 3.06. The third kappa shape index (κ3) is 6.46. The molecule has 1 saturated heterocycles. The lowest BCUT2D eigenvalue weighted by Gasteiger charge is -2.42. The topological polar surface area (TPSA) is 74.8 Å². The van der Waals surface area contributed by atoms with Crippen molar-refractivity contribution in [2.24, 2.45) is 5.41 Å². The number of fused-ring (bicyclic) bond motifs is 1. The van der Waals surface area contributed by atoms with Crippen LogP contribution in [0, 0.1) is 5.41 Å². The first-order valence-corrected chi connectivity index (χ1v) is 13.1. The van der Waals surface area contributed by atoms with Crippen molar-refractivity contribution in [2.45, 2.75) is 46.0 Å². The zero-order valence-electron chi connectivity index (χ0n) is 22.4. The molecule has 4 heterocycles. The Bertz CT molecular complexity index is 1180. The van der Waals surface area contributed by atoms with Crippen LogP contribution in [0.2, 0.25) is 0 Å². The Kier molecular flexibility index (Phi) is 8.44. The molecule has 1 N–H and O–H groups in total. The highest BCUT2D eigenvalue weighted by Crippen LogP contribution is 2.40. The first-order valence-electron chi connectivity index (χ1n) is 13.1. The van der Waals surface area contributed by atoms with Crippen molar-refractivity contribution in [3.8, 4) is 0 Å². The lowest BCUT2D eigenvalue weighted by molar-refractivity contribution is -0.128. The number of pyridine rings is 1. The average molecular weight is 503 g/mol. The van der Waals surface area contributed by atoms with Gasteiger partial charge in [0, 0.05) is 19.3 Å². The number of carbonyl (C=O) groups excluding carboxylic acids is 2. The summed E-state index contributed by atoms with van der Waals surface area (Å²) in [5, 5.41) is 3.02. The van der Waals surface area contributed by atoms with Gasteiger partial charge in [-0.15, -0.1) is 0 Å². The molecule has 0 aromatic carbocycles. The number of likely N-dealkylation sites (N-methyl/N-ethyl adjacent to an activating group) is 1. The Morgan fingerprint density at radius 3 is 2.78 bits per heavy atom. The van der Waals surface area contributed by atoms with Crippen molar-refractivity contribution in [3.05, 3.63) is 76.9 Å². The second kappa shape index (κ2) is 11.7. The van der Waals surface area contributed by atoms with E-state index in [-0.39, 0.29) is 17.2 Å². The van der Waals surface area contributed by atoms with Crippen molar-refractivity contribution < 1.29 is 14.3 Å². The molecule has 1 fully saturated rings. The Balaban J connectivity index is 1.39. The lowest BCUT2D eigenvalue weighted by Crippen LogP contribution is -2.49. The van der Waals surface area contributed by atoms with Gasteiger partial charge >= 0.3 is 0 Å². The number of piperidine rings is 1. The van der Waals surface area contributed by atoms with Crippen molar-refractivity contribution >= 4 is 23.7 Å². The molecule has 7 nitrogen and oxygen atoms in total. The third-order valence-corrected chi connectivity index (χ3v) is 7.58. The summed E-state index contributed by atoms with van der Waals surface area (Å²) >= 11 is 0. The third-order valence-electron chi connectivity index (χ3n) is 7.58. The van der Waals surface area contributed by atoms with Crippen LogP contribution in [-0.4, -0.2) is 60.3 Å². The lowest BCUT2D eigenvalue weighted by atomic mass is 9.71. The number of hydrogen-bond donors (Lipinski definition) is 1. The van der Waals surface area contributed by atoms with Crippen LogP contribution < -0.4 is 5.32 Å². The number of nitrogens with one attached hydrogen (secondary N) is 1. The smallest absolute Gasteiger partial charge is 0.246 e. The molecule has 3 aliphatic heterocycles. The van der Waals surface area contributed by atoms with Crippen molar-refractivity contribution in [2.75, 3.05) is 39.0 Å². The Morgan fingerprint density at radius 1 is 1.24 bits per heavy atom. The quantitative estimate of drug-likeness (QED) is 0.444. The van der Waals surface area contributed by atoms with Crippen LogP contribution in [0.4, 0.5) is 5.82 Å². The number of amides is 2. The Morgan fingerprint density at radius 2 is 2.03 bits per heavy atom. The summed E-state index contributed by atoms with van der Waals surface area (Å²) in [7, 11) is 3.87. The normalized spacial score (nSPS) is 20.2. The predicted molar refractivity (Wildman–Crippen MR) is 147 cm³/mol. The molecule has 37 heavy (non-hydrogen) atoms. The Hall–Kier alpha value is -3.45. The van der Waals surface area contributed by atoms with Crippen LogP contribution in [-0.2, 0) is 20.7 Å². The van der Waals surface area contributed by atoms with Crippen LogP contribution in [0.5, 0.6) is 0 Å². The van der Waals surface area contributed by atoms with Crippen LogP contribution >= 0.6 is 0 Å². The van der Waals surface area contributed by atoms with Gasteiger partial charge in [0.15, 0.2) is 0 Å².